The summed E-state index contributed by atoms with van der Waals surface area (Å²) >= 11 is 0. The normalized spacial score (nSPS) is 14.9. The predicted octanol–water partition coefficient (Wildman–Crippen LogP) is 10.7. The van der Waals surface area contributed by atoms with E-state index in [0.29, 0.717) is 19.3 Å². The first kappa shape index (κ1) is 53.1. The van der Waals surface area contributed by atoms with Gasteiger partial charge in [-0.2, -0.15) is 0 Å². The minimum atomic E-state index is -4.74. The van der Waals surface area contributed by atoms with Crippen LogP contribution in [0.25, 0.3) is 0 Å². The highest BCUT2D eigenvalue weighted by Gasteiger charge is 2.28. The van der Waals surface area contributed by atoms with Crippen molar-refractivity contribution in [2.24, 2.45) is 5.73 Å². The van der Waals surface area contributed by atoms with Gasteiger partial charge < -0.3 is 25.2 Å². The van der Waals surface area contributed by atoms with Crippen LogP contribution in [0.4, 0.5) is 0 Å². The lowest BCUT2D eigenvalue weighted by molar-refractivity contribution is -0.161. The van der Waals surface area contributed by atoms with Crippen molar-refractivity contribution in [2.45, 2.75) is 135 Å². The first-order valence-corrected chi connectivity index (χ1v) is 21.9. The highest BCUT2D eigenvalue weighted by Crippen LogP contribution is 2.43. The Labute approximate surface area is 342 Å². The molecule has 0 saturated heterocycles. The van der Waals surface area contributed by atoms with Crippen LogP contribution in [0.3, 0.4) is 0 Å². The third-order valence-electron chi connectivity index (χ3n) is 7.83. The second-order valence-corrected chi connectivity index (χ2v) is 14.5. The molecule has 0 fully saturated rings. The number of carboxylic acids is 1. The number of rotatable bonds is 36. The van der Waals surface area contributed by atoms with Crippen molar-refractivity contribution in [1.82, 2.24) is 0 Å². The molecule has 0 bridgehead atoms. The van der Waals surface area contributed by atoms with Gasteiger partial charge in [-0.1, -0.05) is 142 Å². The average Bonchev–Trinajstić information content (AvgIpc) is 3.19. The van der Waals surface area contributed by atoms with Gasteiger partial charge in [0.15, 0.2) is 6.10 Å². The maximum Gasteiger partial charge on any atom is 0.472 e. The summed E-state index contributed by atoms with van der Waals surface area (Å²) in [6.45, 7) is 2.44. The van der Waals surface area contributed by atoms with E-state index < -0.39 is 57.7 Å². The molecular formula is C45H70NO10P. The van der Waals surface area contributed by atoms with Crippen LogP contribution in [-0.2, 0) is 37.5 Å². The van der Waals surface area contributed by atoms with Crippen LogP contribution < -0.4 is 5.73 Å². The fraction of sp³-hybridized carbons (Fsp3) is 0.533. The second kappa shape index (κ2) is 39.0. The van der Waals surface area contributed by atoms with Crippen LogP contribution in [0.5, 0.6) is 0 Å². The molecule has 0 heterocycles. The molecule has 0 aromatic carbocycles. The largest absolute Gasteiger partial charge is 0.480 e. The summed E-state index contributed by atoms with van der Waals surface area (Å²) in [6, 6.07) is -1.54. The third-order valence-corrected chi connectivity index (χ3v) is 8.78. The van der Waals surface area contributed by atoms with E-state index in [9.17, 15) is 23.8 Å². The minimum absolute atomic E-state index is 0.118. The van der Waals surface area contributed by atoms with Crippen LogP contribution in [0.1, 0.15) is 123 Å². The molecule has 57 heavy (non-hydrogen) atoms. The number of esters is 2. The minimum Gasteiger partial charge on any atom is -0.480 e. The fourth-order valence-electron chi connectivity index (χ4n) is 4.66. The molecule has 4 N–H and O–H groups in total. The van der Waals surface area contributed by atoms with E-state index in [-0.39, 0.29) is 12.8 Å². The molecule has 12 heteroatoms. The number of hydrogen-bond acceptors (Lipinski definition) is 9. The Morgan fingerprint density at radius 2 is 1.04 bits per heavy atom. The van der Waals surface area contributed by atoms with E-state index in [1.807, 2.05) is 36.5 Å². The van der Waals surface area contributed by atoms with Gasteiger partial charge in [0.2, 0.25) is 0 Å². The number of unbranched alkanes of at least 4 members (excludes halogenated alkanes) is 6. The topological polar surface area (TPSA) is 172 Å². The van der Waals surface area contributed by atoms with E-state index >= 15 is 0 Å². The van der Waals surface area contributed by atoms with Gasteiger partial charge in [0.1, 0.15) is 12.6 Å². The average molecular weight is 816 g/mol. The molecule has 0 amide bonds. The quantitative estimate of drug-likeness (QED) is 0.0181. The number of ether oxygens (including phenoxy) is 2. The van der Waals surface area contributed by atoms with Crippen LogP contribution in [-0.4, -0.2) is 59.9 Å². The summed E-state index contributed by atoms with van der Waals surface area (Å²) in [5.41, 5.74) is 5.32. The van der Waals surface area contributed by atoms with E-state index in [0.717, 1.165) is 77.0 Å². The van der Waals surface area contributed by atoms with Crippen molar-refractivity contribution in [2.75, 3.05) is 19.8 Å². The van der Waals surface area contributed by atoms with Gasteiger partial charge in [-0.3, -0.25) is 23.4 Å². The number of hydrogen-bond donors (Lipinski definition) is 3. The van der Waals surface area contributed by atoms with Crippen LogP contribution >= 0.6 is 7.82 Å². The smallest absolute Gasteiger partial charge is 0.472 e. The monoisotopic (exact) mass is 815 g/mol. The summed E-state index contributed by atoms with van der Waals surface area (Å²) < 4.78 is 32.5. The lowest BCUT2D eigenvalue weighted by atomic mass is 10.1. The molecule has 0 aliphatic rings. The van der Waals surface area contributed by atoms with Crippen LogP contribution in [0, 0.1) is 0 Å². The molecule has 0 aliphatic heterocycles. The summed E-state index contributed by atoms with van der Waals surface area (Å²) in [6.07, 6.45) is 50.2. The maximum absolute atomic E-state index is 12.6. The van der Waals surface area contributed by atoms with E-state index in [4.69, 9.17) is 24.8 Å². The van der Waals surface area contributed by atoms with Crippen molar-refractivity contribution in [3.05, 3.63) is 109 Å². The highest BCUT2D eigenvalue weighted by atomic mass is 31.2. The van der Waals surface area contributed by atoms with Gasteiger partial charge in [-0.25, -0.2) is 4.57 Å². The molecule has 0 aliphatic carbocycles. The molecule has 3 atom stereocenters. The van der Waals surface area contributed by atoms with Crippen molar-refractivity contribution < 1.29 is 47.5 Å². The summed E-state index contributed by atoms with van der Waals surface area (Å²) in [5.74, 6) is -2.50. The highest BCUT2D eigenvalue weighted by molar-refractivity contribution is 7.47. The first-order chi connectivity index (χ1) is 27.6. The Hall–Kier alpha value is -3.86. The van der Waals surface area contributed by atoms with Gasteiger partial charge in [0.05, 0.1) is 13.2 Å². The Morgan fingerprint density at radius 1 is 0.561 bits per heavy atom. The molecular weight excluding hydrogens is 745 g/mol. The molecule has 0 spiro atoms. The number of carboxylic acid groups (broad SMARTS) is 1. The number of allylic oxidation sites excluding steroid dienone is 18. The van der Waals surface area contributed by atoms with E-state index in [1.54, 1.807) is 0 Å². The second-order valence-electron chi connectivity index (χ2n) is 13.1. The van der Waals surface area contributed by atoms with Crippen LogP contribution in [0.15, 0.2) is 109 Å². The zero-order valence-electron chi connectivity index (χ0n) is 34.4. The van der Waals surface area contributed by atoms with Crippen molar-refractivity contribution >= 4 is 25.7 Å². The van der Waals surface area contributed by atoms with Gasteiger partial charge in [-0.05, 0) is 77.0 Å². The maximum atomic E-state index is 12.6. The third kappa shape index (κ3) is 38.8. The van der Waals surface area contributed by atoms with Crippen molar-refractivity contribution in [1.29, 1.82) is 0 Å². The van der Waals surface area contributed by atoms with E-state index in [2.05, 4.69) is 91.3 Å². The molecule has 11 nitrogen and oxygen atoms in total. The number of nitrogens with two attached hydrogens (primary N) is 1. The van der Waals surface area contributed by atoms with Crippen molar-refractivity contribution in [3.8, 4) is 0 Å². The van der Waals surface area contributed by atoms with Gasteiger partial charge in [0, 0.05) is 12.8 Å². The summed E-state index contributed by atoms with van der Waals surface area (Å²) in [4.78, 5) is 45.8. The SMILES string of the molecule is CC/C=C/C=C/C=C/CCCCCCCC(=O)OC(COC(=O)CCC/C=C/C/C=C/C/C=C/C/C=C/C/C=C/C/C=C/CC)COP(=O)(O)OC[C@@H](N)C(=O)O. The van der Waals surface area contributed by atoms with Gasteiger partial charge >= 0.3 is 25.7 Å². The molecule has 0 radical (unpaired) electrons. The number of phosphoric ester groups is 1. The van der Waals surface area contributed by atoms with Gasteiger partial charge in [-0.15, -0.1) is 0 Å². The lowest BCUT2D eigenvalue weighted by Gasteiger charge is -2.20. The molecule has 0 saturated carbocycles. The molecule has 2 unspecified atom stereocenters. The summed E-state index contributed by atoms with van der Waals surface area (Å²) in [7, 11) is -4.74. The fourth-order valence-corrected chi connectivity index (χ4v) is 5.44. The Balaban J connectivity index is 4.53. The Morgan fingerprint density at radius 3 is 1.61 bits per heavy atom. The molecule has 0 aromatic rings. The van der Waals surface area contributed by atoms with Gasteiger partial charge in [0.25, 0.3) is 0 Å². The Kier molecular flexibility index (Phi) is 36.3. The number of phosphoric acid groups is 1. The van der Waals surface area contributed by atoms with E-state index in [1.165, 1.54) is 0 Å². The lowest BCUT2D eigenvalue weighted by Crippen LogP contribution is -2.34. The zero-order valence-corrected chi connectivity index (χ0v) is 35.3. The van der Waals surface area contributed by atoms with Crippen molar-refractivity contribution in [3.63, 3.8) is 0 Å². The zero-order chi connectivity index (χ0) is 42.1. The molecule has 0 aromatic heterocycles. The predicted molar refractivity (Wildman–Crippen MR) is 230 cm³/mol. The number of carbonyl (C=O) groups is 3. The molecule has 0 rings (SSSR count). The number of aliphatic carboxylic acids is 1. The standard InChI is InChI=1S/C45H70NO10P/c1-3-5-7-9-11-13-15-17-18-19-20-21-22-23-25-26-28-30-32-34-36-43(47)53-38-41(39-54-57(51,52)55-40-42(46)45(49)50)56-44(48)37-35-33-31-29-27-24-16-14-12-10-8-6-4-2/h5-8,10-14,16-18,20-21,23,25,28,30,41-42H,3-4,9,15,19,22,24,26-27,29,31-40,46H2,1-2H3,(H,49,50)(H,51,52)/b7-5+,8-6+,12-10+,13-11+,16-14+,18-17+,21-20+,25-23+,30-28+/t41?,42-/m1/s1. The molecule has 320 valence electrons. The number of carbonyl (C=O) groups excluding carboxylic acids is 2. The van der Waals surface area contributed by atoms with Crippen LogP contribution in [0.2, 0.25) is 0 Å². The first-order valence-electron chi connectivity index (χ1n) is 20.4. The Bertz CT molecular complexity index is 1380. The summed E-state index contributed by atoms with van der Waals surface area (Å²) in [5, 5.41) is 8.87.